The third kappa shape index (κ3) is 7.08. The minimum Gasteiger partial charge on any atom is -0.493 e. The highest BCUT2D eigenvalue weighted by molar-refractivity contribution is 6.05. The molecule has 172 valence electrons. The number of aromatic nitrogens is 1. The van der Waals surface area contributed by atoms with Gasteiger partial charge in [0, 0.05) is 30.2 Å². The summed E-state index contributed by atoms with van der Waals surface area (Å²) in [5.74, 6) is 0.179. The maximum Gasteiger partial charge on any atom is 0.267 e. The lowest BCUT2D eigenvalue weighted by atomic mass is 10.1. The molecule has 0 atom stereocenters. The van der Waals surface area contributed by atoms with Crippen LogP contribution < -0.4 is 15.4 Å². The Hall–Kier alpha value is -3.84. The van der Waals surface area contributed by atoms with Crippen LogP contribution in [0.2, 0.25) is 0 Å². The third-order valence-electron chi connectivity index (χ3n) is 4.70. The highest BCUT2D eigenvalue weighted by Gasteiger charge is 2.15. The average molecular weight is 448 g/mol. The van der Waals surface area contributed by atoms with E-state index in [0.29, 0.717) is 23.8 Å². The Morgan fingerprint density at radius 3 is 2.30 bits per heavy atom. The lowest BCUT2D eigenvalue weighted by Gasteiger charge is -2.12. The van der Waals surface area contributed by atoms with Crippen LogP contribution in [0.15, 0.2) is 78.8 Å². The third-order valence-corrected chi connectivity index (χ3v) is 4.70. The Labute approximate surface area is 193 Å². The predicted molar refractivity (Wildman–Crippen MR) is 128 cm³/mol. The molecule has 0 saturated carbocycles. The molecule has 1 aromatic heterocycles. The molecule has 1 heterocycles. The molecule has 2 aromatic carbocycles. The summed E-state index contributed by atoms with van der Waals surface area (Å²) in [7, 11) is 0. The molecule has 2 amide bonds. The molecule has 0 aliphatic heterocycles. The summed E-state index contributed by atoms with van der Waals surface area (Å²) < 4.78 is 7.62. The van der Waals surface area contributed by atoms with E-state index in [2.05, 4.69) is 24.5 Å². The van der Waals surface area contributed by atoms with Gasteiger partial charge in [-0.05, 0) is 66.1 Å². The number of amides is 2. The van der Waals surface area contributed by atoms with Crippen LogP contribution in [0.3, 0.4) is 0 Å². The molecular formula is C26H29N3O4. The van der Waals surface area contributed by atoms with Gasteiger partial charge in [0.2, 0.25) is 0 Å². The van der Waals surface area contributed by atoms with Gasteiger partial charge >= 0.3 is 0 Å². The Kier molecular flexibility index (Phi) is 8.43. The van der Waals surface area contributed by atoms with E-state index in [0.717, 1.165) is 11.3 Å². The predicted octanol–water partition coefficient (Wildman–Crippen LogP) is 3.39. The van der Waals surface area contributed by atoms with E-state index in [-0.39, 0.29) is 18.8 Å². The number of nitrogens with one attached hydrogen (secondary N) is 2. The van der Waals surface area contributed by atoms with Crippen molar-refractivity contribution in [2.45, 2.75) is 13.8 Å². The topological polar surface area (TPSA) is 92.6 Å². The van der Waals surface area contributed by atoms with Gasteiger partial charge < -0.3 is 25.0 Å². The second-order valence-electron chi connectivity index (χ2n) is 7.90. The number of hydrogen-bond donors (Lipinski definition) is 3. The van der Waals surface area contributed by atoms with E-state index in [4.69, 9.17) is 9.84 Å². The number of carbonyl (C=O) groups excluding carboxylic acids is 2. The van der Waals surface area contributed by atoms with Crippen molar-refractivity contribution in [3.8, 4) is 11.4 Å². The largest absolute Gasteiger partial charge is 0.493 e. The molecule has 3 aromatic rings. The summed E-state index contributed by atoms with van der Waals surface area (Å²) in [6.07, 6.45) is 5.49. The molecule has 0 aliphatic carbocycles. The maximum atomic E-state index is 12.8. The van der Waals surface area contributed by atoms with Gasteiger partial charge in [0.1, 0.15) is 11.4 Å². The second-order valence-corrected chi connectivity index (χ2v) is 7.90. The molecule has 7 heteroatoms. The minimum atomic E-state index is -0.483. The lowest BCUT2D eigenvalue weighted by molar-refractivity contribution is -0.117. The molecular weight excluding hydrogens is 418 g/mol. The molecule has 3 rings (SSSR count). The Balaban J connectivity index is 1.76. The summed E-state index contributed by atoms with van der Waals surface area (Å²) in [4.78, 5) is 25.4. The van der Waals surface area contributed by atoms with E-state index < -0.39 is 11.8 Å². The summed E-state index contributed by atoms with van der Waals surface area (Å²) in [6.45, 7) is 4.60. The van der Waals surface area contributed by atoms with E-state index in [1.165, 1.54) is 0 Å². The number of nitrogens with zero attached hydrogens (tertiary/aromatic N) is 1. The van der Waals surface area contributed by atoms with Gasteiger partial charge in [-0.15, -0.1) is 0 Å². The first-order chi connectivity index (χ1) is 16.0. The molecule has 0 aliphatic rings. The number of ether oxygens (including phenoxy) is 1. The standard InChI is InChI=1S/C26H29N3O4/c1-19(2)18-33-23-11-7-21(8-12-23)25(31)28-24(26(32)27-13-16-30)17-20-5-9-22(10-6-20)29-14-3-4-15-29/h3-12,14-15,17,19,30H,13,16,18H2,1-2H3,(H,27,32)(H,28,31). The monoisotopic (exact) mass is 447 g/mol. The number of aliphatic hydroxyl groups excluding tert-OH is 1. The molecule has 3 N–H and O–H groups in total. The maximum absolute atomic E-state index is 12.8. The zero-order valence-corrected chi connectivity index (χ0v) is 18.8. The zero-order chi connectivity index (χ0) is 23.6. The summed E-state index contributed by atoms with van der Waals surface area (Å²) in [6, 6.07) is 18.2. The van der Waals surface area contributed by atoms with Gasteiger partial charge in [-0.2, -0.15) is 0 Å². The van der Waals surface area contributed by atoms with Crippen molar-refractivity contribution in [3.63, 3.8) is 0 Å². The molecule has 0 bridgehead atoms. The van der Waals surface area contributed by atoms with Gasteiger partial charge in [0.25, 0.3) is 11.8 Å². The van der Waals surface area contributed by atoms with E-state index in [1.807, 2.05) is 53.4 Å². The molecule has 0 unspecified atom stereocenters. The van der Waals surface area contributed by atoms with Crippen LogP contribution >= 0.6 is 0 Å². The normalized spacial score (nSPS) is 11.3. The van der Waals surface area contributed by atoms with Gasteiger partial charge in [-0.3, -0.25) is 9.59 Å². The van der Waals surface area contributed by atoms with Crippen LogP contribution in [-0.4, -0.2) is 41.2 Å². The van der Waals surface area contributed by atoms with Crippen molar-refractivity contribution in [1.82, 2.24) is 15.2 Å². The quantitative estimate of drug-likeness (QED) is 0.416. The first-order valence-corrected chi connectivity index (χ1v) is 10.8. The summed E-state index contributed by atoms with van der Waals surface area (Å²) in [5.41, 5.74) is 2.21. The summed E-state index contributed by atoms with van der Waals surface area (Å²) in [5, 5.41) is 14.3. The van der Waals surface area contributed by atoms with Gasteiger partial charge in [-0.25, -0.2) is 0 Å². The van der Waals surface area contributed by atoms with Crippen LogP contribution in [0.25, 0.3) is 11.8 Å². The van der Waals surface area contributed by atoms with Crippen LogP contribution in [0.1, 0.15) is 29.8 Å². The molecule has 0 radical (unpaired) electrons. The van der Waals surface area contributed by atoms with Gasteiger partial charge in [-0.1, -0.05) is 26.0 Å². The highest BCUT2D eigenvalue weighted by Crippen LogP contribution is 2.15. The molecule has 33 heavy (non-hydrogen) atoms. The Morgan fingerprint density at radius 1 is 1.03 bits per heavy atom. The van der Waals surface area contributed by atoms with Crippen molar-refractivity contribution in [3.05, 3.63) is 89.9 Å². The summed E-state index contributed by atoms with van der Waals surface area (Å²) >= 11 is 0. The Morgan fingerprint density at radius 2 is 1.70 bits per heavy atom. The van der Waals surface area contributed by atoms with Gasteiger partial charge in [0.05, 0.1) is 13.2 Å². The first-order valence-electron chi connectivity index (χ1n) is 10.8. The molecule has 0 saturated heterocycles. The fourth-order valence-corrected chi connectivity index (χ4v) is 3.00. The Bertz CT molecular complexity index is 1070. The number of aliphatic hydroxyl groups is 1. The minimum absolute atomic E-state index is 0.0838. The van der Waals surface area contributed by atoms with Crippen molar-refractivity contribution >= 4 is 17.9 Å². The van der Waals surface area contributed by atoms with Crippen molar-refractivity contribution in [2.75, 3.05) is 19.8 Å². The lowest BCUT2D eigenvalue weighted by Crippen LogP contribution is -2.36. The fraction of sp³-hybridized carbons (Fsp3) is 0.231. The van der Waals surface area contributed by atoms with E-state index >= 15 is 0 Å². The molecule has 0 spiro atoms. The van der Waals surface area contributed by atoms with Crippen LogP contribution in [0.5, 0.6) is 5.75 Å². The second kappa shape index (κ2) is 11.7. The molecule has 7 nitrogen and oxygen atoms in total. The average Bonchev–Trinajstić information content (AvgIpc) is 3.36. The zero-order valence-electron chi connectivity index (χ0n) is 18.8. The van der Waals surface area contributed by atoms with E-state index in [1.54, 1.807) is 30.3 Å². The first kappa shape index (κ1) is 23.8. The number of benzene rings is 2. The highest BCUT2D eigenvalue weighted by atomic mass is 16.5. The van der Waals surface area contributed by atoms with Crippen molar-refractivity contribution < 1.29 is 19.4 Å². The smallest absolute Gasteiger partial charge is 0.267 e. The van der Waals surface area contributed by atoms with Crippen LogP contribution in [-0.2, 0) is 4.79 Å². The fourth-order valence-electron chi connectivity index (χ4n) is 3.00. The van der Waals surface area contributed by atoms with Gasteiger partial charge in [0.15, 0.2) is 0 Å². The van der Waals surface area contributed by atoms with E-state index in [9.17, 15) is 9.59 Å². The van der Waals surface area contributed by atoms with Crippen LogP contribution in [0.4, 0.5) is 0 Å². The number of carbonyl (C=O) groups is 2. The number of rotatable bonds is 10. The van der Waals surface area contributed by atoms with Crippen molar-refractivity contribution in [2.24, 2.45) is 5.92 Å². The molecule has 0 fully saturated rings. The number of hydrogen-bond acceptors (Lipinski definition) is 4. The van der Waals surface area contributed by atoms with Crippen LogP contribution in [0, 0.1) is 5.92 Å². The SMILES string of the molecule is CC(C)COc1ccc(C(=O)NC(=Cc2ccc(-n3cccc3)cc2)C(=O)NCCO)cc1. The van der Waals surface area contributed by atoms with Crippen molar-refractivity contribution in [1.29, 1.82) is 0 Å².